The van der Waals surface area contributed by atoms with Gasteiger partial charge in [-0.05, 0) is 66.3 Å². The topological polar surface area (TPSA) is 38.3 Å². The molecule has 2 aromatic rings. The molecular weight excluding hydrogens is 334 g/mol. The molecule has 0 saturated carbocycles. The summed E-state index contributed by atoms with van der Waals surface area (Å²) in [4.78, 5) is 11.2. The average molecular weight is 356 g/mol. The van der Waals surface area contributed by atoms with Gasteiger partial charge in [-0.15, -0.1) is 0 Å². The third-order valence-corrected chi connectivity index (χ3v) is 4.83. The fraction of sp³-hybridized carbons (Fsp3) is 0.286. The van der Waals surface area contributed by atoms with Crippen molar-refractivity contribution in [2.24, 2.45) is 0 Å². The number of hydrogen-bond acceptors (Lipinski definition) is 3. The van der Waals surface area contributed by atoms with Gasteiger partial charge in [0.05, 0.1) is 7.11 Å². The molecule has 4 heteroatoms. The Morgan fingerprint density at radius 3 is 2.84 bits per heavy atom. The average Bonchev–Trinajstić information content (AvgIpc) is 3.03. The predicted molar refractivity (Wildman–Crippen MR) is 102 cm³/mol. The Kier molecular flexibility index (Phi) is 5.90. The third-order valence-electron chi connectivity index (χ3n) is 4.58. The third kappa shape index (κ3) is 4.71. The van der Waals surface area contributed by atoms with Crippen LogP contribution in [0.3, 0.4) is 0 Å². The molecule has 0 spiro atoms. The summed E-state index contributed by atoms with van der Waals surface area (Å²) in [6.45, 7) is 0.940. The van der Waals surface area contributed by atoms with Gasteiger partial charge in [0.25, 0.3) is 0 Å². The van der Waals surface area contributed by atoms with Crippen LogP contribution in [0.15, 0.2) is 48.5 Å². The maximum atomic E-state index is 11.2. The van der Waals surface area contributed by atoms with E-state index in [2.05, 4.69) is 40.4 Å². The van der Waals surface area contributed by atoms with Gasteiger partial charge in [0, 0.05) is 17.1 Å². The first-order chi connectivity index (χ1) is 12.2. The number of carbonyl (C=O) groups excluding carboxylic acids is 1. The van der Waals surface area contributed by atoms with Crippen molar-refractivity contribution in [3.63, 3.8) is 0 Å². The Bertz CT molecular complexity index is 768. The molecule has 0 aromatic heterocycles. The number of methoxy groups -OCH3 is 1. The number of ether oxygens (including phenoxy) is 1. The molecular formula is C21H22ClNO2. The van der Waals surface area contributed by atoms with Crippen molar-refractivity contribution in [1.82, 2.24) is 5.32 Å². The molecule has 0 aliphatic heterocycles. The Labute approximate surface area is 153 Å². The normalized spacial score (nSPS) is 16.2. The minimum absolute atomic E-state index is 0.331. The van der Waals surface area contributed by atoms with Crippen LogP contribution in [0.25, 0.3) is 6.08 Å². The zero-order chi connectivity index (χ0) is 17.6. The van der Waals surface area contributed by atoms with Gasteiger partial charge in [-0.3, -0.25) is 0 Å². The highest BCUT2D eigenvalue weighted by molar-refractivity contribution is 6.30. The van der Waals surface area contributed by atoms with Crippen molar-refractivity contribution in [3.8, 4) is 0 Å². The first kappa shape index (κ1) is 17.7. The van der Waals surface area contributed by atoms with Gasteiger partial charge in [0.1, 0.15) is 0 Å². The molecule has 0 fully saturated rings. The molecule has 1 unspecified atom stereocenters. The predicted octanol–water partition coefficient (Wildman–Crippen LogP) is 4.35. The second-order valence-electron chi connectivity index (χ2n) is 6.24. The molecule has 0 heterocycles. The number of fused-ring (bicyclic) bond motifs is 1. The second-order valence-corrected chi connectivity index (χ2v) is 6.67. The monoisotopic (exact) mass is 355 g/mol. The fourth-order valence-corrected chi connectivity index (χ4v) is 3.35. The maximum absolute atomic E-state index is 11.2. The molecule has 130 valence electrons. The van der Waals surface area contributed by atoms with Crippen LogP contribution in [0.4, 0.5) is 0 Å². The van der Waals surface area contributed by atoms with Crippen LogP contribution in [-0.2, 0) is 22.4 Å². The van der Waals surface area contributed by atoms with Crippen LogP contribution in [0.2, 0.25) is 5.02 Å². The highest BCUT2D eigenvalue weighted by Crippen LogP contribution is 2.32. The van der Waals surface area contributed by atoms with Crippen molar-refractivity contribution >= 4 is 23.6 Å². The van der Waals surface area contributed by atoms with Gasteiger partial charge in [-0.25, -0.2) is 4.79 Å². The highest BCUT2D eigenvalue weighted by atomic mass is 35.5. The van der Waals surface area contributed by atoms with E-state index in [9.17, 15) is 4.79 Å². The van der Waals surface area contributed by atoms with Crippen molar-refractivity contribution in [2.75, 3.05) is 13.7 Å². The van der Waals surface area contributed by atoms with Crippen LogP contribution < -0.4 is 5.32 Å². The van der Waals surface area contributed by atoms with Gasteiger partial charge in [-0.2, -0.15) is 0 Å². The highest BCUT2D eigenvalue weighted by Gasteiger charge is 2.21. The van der Waals surface area contributed by atoms with Crippen LogP contribution in [0.5, 0.6) is 0 Å². The van der Waals surface area contributed by atoms with Crippen LogP contribution >= 0.6 is 11.6 Å². The van der Waals surface area contributed by atoms with Crippen molar-refractivity contribution in [1.29, 1.82) is 0 Å². The van der Waals surface area contributed by atoms with E-state index in [-0.39, 0.29) is 5.97 Å². The zero-order valence-corrected chi connectivity index (χ0v) is 15.1. The first-order valence-corrected chi connectivity index (χ1v) is 8.90. The number of benzene rings is 2. The lowest BCUT2D eigenvalue weighted by Crippen LogP contribution is -2.21. The summed E-state index contributed by atoms with van der Waals surface area (Å²) in [5.74, 6) is -0.331. The maximum Gasteiger partial charge on any atom is 0.330 e. The van der Waals surface area contributed by atoms with Crippen LogP contribution in [0, 0.1) is 0 Å². The number of carbonyl (C=O) groups is 1. The standard InChI is InChI=1S/C21H22ClNO2/c1-25-21(24)11-5-16-4-9-19-17(14-16)6-10-20(19)23-13-12-15-2-7-18(22)8-3-15/h2-5,7-9,11,14,20,23H,6,10,12-13H2,1H3/b11-5+. The van der Waals surface area contributed by atoms with E-state index in [1.807, 2.05) is 12.1 Å². The molecule has 1 N–H and O–H groups in total. The molecule has 25 heavy (non-hydrogen) atoms. The van der Waals surface area contributed by atoms with Gasteiger partial charge < -0.3 is 10.1 Å². The molecule has 0 bridgehead atoms. The Hall–Kier alpha value is -2.10. The number of nitrogens with one attached hydrogen (secondary N) is 1. The minimum atomic E-state index is -0.331. The molecule has 3 rings (SSSR count). The molecule has 1 aliphatic rings. The van der Waals surface area contributed by atoms with E-state index >= 15 is 0 Å². The number of halogens is 1. The molecule has 1 atom stereocenters. The lowest BCUT2D eigenvalue weighted by Gasteiger charge is -2.14. The molecule has 0 saturated heterocycles. The number of rotatable bonds is 6. The minimum Gasteiger partial charge on any atom is -0.466 e. The van der Waals surface area contributed by atoms with E-state index in [1.165, 1.54) is 29.9 Å². The quantitative estimate of drug-likeness (QED) is 0.618. The Morgan fingerprint density at radius 2 is 2.08 bits per heavy atom. The second kappa shape index (κ2) is 8.32. The van der Waals surface area contributed by atoms with Gasteiger partial charge in [0.15, 0.2) is 0 Å². The number of hydrogen-bond donors (Lipinski definition) is 1. The summed E-state index contributed by atoms with van der Waals surface area (Å²) >= 11 is 5.92. The number of esters is 1. The van der Waals surface area contributed by atoms with Gasteiger partial charge in [-0.1, -0.05) is 41.9 Å². The summed E-state index contributed by atoms with van der Waals surface area (Å²) in [7, 11) is 1.38. The van der Waals surface area contributed by atoms with Crippen LogP contribution in [0.1, 0.15) is 34.7 Å². The number of aryl methyl sites for hydroxylation is 1. The summed E-state index contributed by atoms with van der Waals surface area (Å²) in [5, 5.41) is 4.43. The van der Waals surface area contributed by atoms with Crippen molar-refractivity contribution < 1.29 is 9.53 Å². The lowest BCUT2D eigenvalue weighted by molar-refractivity contribution is -0.134. The first-order valence-electron chi connectivity index (χ1n) is 8.52. The largest absolute Gasteiger partial charge is 0.466 e. The Balaban J connectivity index is 1.57. The SMILES string of the molecule is COC(=O)/C=C/c1ccc2c(c1)CCC2NCCc1ccc(Cl)cc1. The van der Waals surface area contributed by atoms with E-state index in [1.54, 1.807) is 6.08 Å². The molecule has 2 aromatic carbocycles. The zero-order valence-electron chi connectivity index (χ0n) is 14.3. The molecule has 1 aliphatic carbocycles. The van der Waals surface area contributed by atoms with E-state index in [0.29, 0.717) is 6.04 Å². The smallest absolute Gasteiger partial charge is 0.330 e. The Morgan fingerprint density at radius 1 is 1.28 bits per heavy atom. The summed E-state index contributed by atoms with van der Waals surface area (Å²) in [5.41, 5.74) is 5.05. The van der Waals surface area contributed by atoms with E-state index in [4.69, 9.17) is 11.6 Å². The van der Waals surface area contributed by atoms with Crippen molar-refractivity contribution in [2.45, 2.75) is 25.3 Å². The molecule has 0 radical (unpaired) electrons. The van der Waals surface area contributed by atoms with Gasteiger partial charge in [0.2, 0.25) is 0 Å². The fourth-order valence-electron chi connectivity index (χ4n) is 3.23. The molecule has 3 nitrogen and oxygen atoms in total. The molecule has 0 amide bonds. The van der Waals surface area contributed by atoms with E-state index in [0.717, 1.165) is 36.4 Å². The lowest BCUT2D eigenvalue weighted by atomic mass is 10.0. The van der Waals surface area contributed by atoms with Gasteiger partial charge >= 0.3 is 5.97 Å². The summed E-state index contributed by atoms with van der Waals surface area (Å²) in [6.07, 6.45) is 6.42. The van der Waals surface area contributed by atoms with Crippen molar-refractivity contribution in [3.05, 3.63) is 75.8 Å². The summed E-state index contributed by atoms with van der Waals surface area (Å²) < 4.78 is 4.63. The van der Waals surface area contributed by atoms with E-state index < -0.39 is 0 Å². The summed E-state index contributed by atoms with van der Waals surface area (Å²) in [6, 6.07) is 14.8. The van der Waals surface area contributed by atoms with Crippen LogP contribution in [-0.4, -0.2) is 19.6 Å².